The molecular weight excluding hydrogens is 188 g/mol. The Bertz CT molecular complexity index is 414. The molecule has 1 aromatic rings. The number of anilines is 1. The lowest BCUT2D eigenvalue weighted by Gasteiger charge is -2.06. The molecule has 0 atom stereocenters. The van der Waals surface area contributed by atoms with Gasteiger partial charge in [-0.05, 0) is 12.1 Å². The number of rotatable bonds is 2. The van der Waals surface area contributed by atoms with Crippen LogP contribution in [0, 0.1) is 0 Å². The Kier molecular flexibility index (Phi) is 2.29. The number of benzene rings is 1. The molecule has 74 valence electrons. The molecule has 0 aliphatic rings. The van der Waals surface area contributed by atoms with E-state index in [0.717, 1.165) is 6.07 Å². The van der Waals surface area contributed by atoms with E-state index in [0.29, 0.717) is 0 Å². The fourth-order valence-corrected chi connectivity index (χ4v) is 1.04. The number of carbonyl (C=O) groups is 2. The number of carboxylic acid groups (broad SMARTS) is 1. The topological polar surface area (TPSA) is 127 Å². The van der Waals surface area contributed by atoms with Crippen LogP contribution in [0.4, 0.5) is 5.69 Å². The van der Waals surface area contributed by atoms with Crippen molar-refractivity contribution in [2.75, 3.05) is 5.73 Å². The van der Waals surface area contributed by atoms with Crippen LogP contribution in [0.25, 0.3) is 0 Å². The third kappa shape index (κ3) is 1.45. The Balaban J connectivity index is 3.49. The number of nitrogen functional groups attached to an aromatic ring is 1. The Morgan fingerprint density at radius 1 is 1.29 bits per heavy atom. The first kappa shape index (κ1) is 9.85. The molecule has 0 bridgehead atoms. The van der Waals surface area contributed by atoms with Gasteiger partial charge in [0, 0.05) is 5.69 Å². The molecule has 0 heterocycles. The quantitative estimate of drug-likeness (QED) is 0.486. The minimum atomic E-state index is -1.36. The number of nitrogens with two attached hydrogens (primary N) is 2. The molecule has 0 aliphatic carbocycles. The molecule has 0 saturated heterocycles. The van der Waals surface area contributed by atoms with Crippen LogP contribution in [0.5, 0.6) is 5.75 Å². The van der Waals surface area contributed by atoms with Gasteiger partial charge in [0.1, 0.15) is 16.9 Å². The van der Waals surface area contributed by atoms with E-state index in [1.54, 1.807) is 0 Å². The smallest absolute Gasteiger partial charge is 0.339 e. The molecule has 0 saturated carbocycles. The molecule has 1 rings (SSSR count). The van der Waals surface area contributed by atoms with Crippen molar-refractivity contribution in [1.82, 2.24) is 0 Å². The fourth-order valence-electron chi connectivity index (χ4n) is 1.04. The summed E-state index contributed by atoms with van der Waals surface area (Å²) in [7, 11) is 0. The van der Waals surface area contributed by atoms with Crippen LogP contribution in [0.1, 0.15) is 20.7 Å². The molecule has 0 fully saturated rings. The minimum Gasteiger partial charge on any atom is -0.506 e. The Labute approximate surface area is 78.8 Å². The molecular formula is C8H8N2O4. The largest absolute Gasteiger partial charge is 0.506 e. The first-order chi connectivity index (χ1) is 6.45. The van der Waals surface area contributed by atoms with Crippen molar-refractivity contribution in [2.45, 2.75) is 0 Å². The van der Waals surface area contributed by atoms with Crippen molar-refractivity contribution in [1.29, 1.82) is 0 Å². The van der Waals surface area contributed by atoms with Gasteiger partial charge in [-0.2, -0.15) is 0 Å². The normalized spacial score (nSPS) is 9.71. The maximum Gasteiger partial charge on any atom is 0.339 e. The summed E-state index contributed by atoms with van der Waals surface area (Å²) < 4.78 is 0. The van der Waals surface area contributed by atoms with Crippen LogP contribution in [0.3, 0.4) is 0 Å². The third-order valence-electron chi connectivity index (χ3n) is 1.69. The van der Waals surface area contributed by atoms with E-state index in [1.165, 1.54) is 6.07 Å². The highest BCUT2D eigenvalue weighted by molar-refractivity contribution is 6.04. The van der Waals surface area contributed by atoms with Crippen LogP contribution >= 0.6 is 0 Å². The molecule has 6 N–H and O–H groups in total. The number of phenols is 1. The number of aromatic hydroxyl groups is 1. The maximum atomic E-state index is 10.8. The molecule has 0 unspecified atom stereocenters. The van der Waals surface area contributed by atoms with Crippen LogP contribution in [-0.4, -0.2) is 22.1 Å². The second kappa shape index (κ2) is 3.25. The van der Waals surface area contributed by atoms with Gasteiger partial charge in [0.2, 0.25) is 0 Å². The van der Waals surface area contributed by atoms with Gasteiger partial charge in [-0.1, -0.05) is 0 Å². The molecule has 1 amide bonds. The van der Waals surface area contributed by atoms with Crippen LogP contribution in [0.15, 0.2) is 12.1 Å². The van der Waals surface area contributed by atoms with Crippen molar-refractivity contribution in [3.8, 4) is 5.75 Å². The number of carbonyl (C=O) groups excluding carboxylic acids is 1. The maximum absolute atomic E-state index is 10.8. The van der Waals surface area contributed by atoms with Gasteiger partial charge >= 0.3 is 5.97 Å². The van der Waals surface area contributed by atoms with Crippen molar-refractivity contribution >= 4 is 17.6 Å². The molecule has 0 radical (unpaired) electrons. The highest BCUT2D eigenvalue weighted by atomic mass is 16.4. The summed E-state index contributed by atoms with van der Waals surface area (Å²) in [6.07, 6.45) is 0. The molecule has 6 heteroatoms. The number of primary amides is 1. The number of aromatic carboxylic acids is 1. The first-order valence-corrected chi connectivity index (χ1v) is 3.59. The zero-order valence-corrected chi connectivity index (χ0v) is 7.02. The lowest BCUT2D eigenvalue weighted by molar-refractivity contribution is 0.0694. The van der Waals surface area contributed by atoms with Gasteiger partial charge in [-0.15, -0.1) is 0 Å². The van der Waals surface area contributed by atoms with Gasteiger partial charge in [0.15, 0.2) is 0 Å². The van der Waals surface area contributed by atoms with Crippen LogP contribution in [0.2, 0.25) is 0 Å². The van der Waals surface area contributed by atoms with Gasteiger partial charge in [-0.25, -0.2) is 4.79 Å². The average Bonchev–Trinajstić information content (AvgIpc) is 2.02. The standard InChI is InChI=1S/C8H8N2O4/c9-4-2-1-3(8(13)14)6(11)5(4)7(10)12/h1-2,11H,9H2,(H2,10,12)(H,13,14). The summed E-state index contributed by atoms with van der Waals surface area (Å²) in [6.45, 7) is 0. The van der Waals surface area contributed by atoms with E-state index < -0.39 is 23.2 Å². The Hall–Kier alpha value is -2.24. The monoisotopic (exact) mass is 196 g/mol. The zero-order valence-electron chi connectivity index (χ0n) is 7.02. The molecule has 0 spiro atoms. The van der Waals surface area contributed by atoms with E-state index in [9.17, 15) is 14.7 Å². The SMILES string of the molecule is NC(=O)c1c(N)ccc(C(=O)O)c1O. The van der Waals surface area contributed by atoms with E-state index in [2.05, 4.69) is 0 Å². The zero-order chi connectivity index (χ0) is 10.9. The summed E-state index contributed by atoms with van der Waals surface area (Å²) >= 11 is 0. The van der Waals surface area contributed by atoms with Crippen LogP contribution < -0.4 is 11.5 Å². The lowest BCUT2D eigenvalue weighted by atomic mass is 10.1. The number of amides is 1. The second-order valence-corrected chi connectivity index (χ2v) is 2.60. The molecule has 1 aromatic carbocycles. The number of carboxylic acids is 1. The number of hydrogen-bond acceptors (Lipinski definition) is 4. The predicted molar refractivity (Wildman–Crippen MR) is 48.0 cm³/mol. The fraction of sp³-hybridized carbons (Fsp3) is 0. The third-order valence-corrected chi connectivity index (χ3v) is 1.69. The van der Waals surface area contributed by atoms with E-state index >= 15 is 0 Å². The Morgan fingerprint density at radius 2 is 1.86 bits per heavy atom. The summed E-state index contributed by atoms with van der Waals surface area (Å²) in [5.74, 6) is -3.03. The van der Waals surface area contributed by atoms with Gasteiger partial charge in [0.05, 0.1) is 0 Å². The van der Waals surface area contributed by atoms with E-state index in [1.807, 2.05) is 0 Å². The lowest BCUT2D eigenvalue weighted by Crippen LogP contribution is -2.15. The van der Waals surface area contributed by atoms with Gasteiger partial charge in [0.25, 0.3) is 5.91 Å². The summed E-state index contributed by atoms with van der Waals surface area (Å²) in [5.41, 5.74) is 9.41. The number of hydrogen-bond donors (Lipinski definition) is 4. The minimum absolute atomic E-state index is 0.0556. The molecule has 6 nitrogen and oxygen atoms in total. The van der Waals surface area contributed by atoms with E-state index in [4.69, 9.17) is 16.6 Å². The van der Waals surface area contributed by atoms with Gasteiger partial charge < -0.3 is 21.7 Å². The molecule has 0 aliphatic heterocycles. The highest BCUT2D eigenvalue weighted by Gasteiger charge is 2.19. The summed E-state index contributed by atoms with van der Waals surface area (Å²) in [6, 6.07) is 2.29. The van der Waals surface area contributed by atoms with Crippen molar-refractivity contribution in [3.05, 3.63) is 23.3 Å². The average molecular weight is 196 g/mol. The van der Waals surface area contributed by atoms with Crippen LogP contribution in [-0.2, 0) is 0 Å². The van der Waals surface area contributed by atoms with Crippen molar-refractivity contribution in [2.24, 2.45) is 5.73 Å². The summed E-state index contributed by atoms with van der Waals surface area (Å²) in [4.78, 5) is 21.4. The first-order valence-electron chi connectivity index (χ1n) is 3.59. The molecule has 0 aromatic heterocycles. The predicted octanol–water partition coefficient (Wildman–Crippen LogP) is -0.229. The van der Waals surface area contributed by atoms with Crippen molar-refractivity contribution in [3.63, 3.8) is 0 Å². The molecule has 14 heavy (non-hydrogen) atoms. The van der Waals surface area contributed by atoms with Gasteiger partial charge in [-0.3, -0.25) is 4.79 Å². The second-order valence-electron chi connectivity index (χ2n) is 2.60. The highest BCUT2D eigenvalue weighted by Crippen LogP contribution is 2.27. The van der Waals surface area contributed by atoms with E-state index in [-0.39, 0.29) is 11.3 Å². The van der Waals surface area contributed by atoms with Crippen molar-refractivity contribution < 1.29 is 19.8 Å². The Morgan fingerprint density at radius 3 is 2.29 bits per heavy atom. The summed E-state index contributed by atoms with van der Waals surface area (Å²) in [5, 5.41) is 18.0.